The number of anilines is 2. The van der Waals surface area contributed by atoms with Crippen LogP contribution in [-0.2, 0) is 0 Å². The van der Waals surface area contributed by atoms with Crippen LogP contribution in [-0.4, -0.2) is 15.4 Å². The molecule has 78 valence electrons. The highest BCUT2D eigenvalue weighted by molar-refractivity contribution is 7.09. The Labute approximate surface area is 88.1 Å². The summed E-state index contributed by atoms with van der Waals surface area (Å²) in [7, 11) is 0. The molecule has 4 nitrogen and oxygen atoms in total. The van der Waals surface area contributed by atoms with Gasteiger partial charge in [0.2, 0.25) is 11.1 Å². The molecule has 1 saturated carbocycles. The standard InChI is InChI=1S/C9H16N4S/c1-6-3-2-4-7(5-6)11-9-12-8(10)13-14-9/h6-7H,2-5H2,1H3,(H3,10,11,12,13). The van der Waals surface area contributed by atoms with Crippen molar-refractivity contribution < 1.29 is 0 Å². The number of hydrogen-bond donors (Lipinski definition) is 2. The van der Waals surface area contributed by atoms with E-state index in [1.165, 1.54) is 37.2 Å². The second kappa shape index (κ2) is 4.13. The van der Waals surface area contributed by atoms with Crippen LogP contribution >= 0.6 is 11.5 Å². The molecule has 1 heterocycles. The minimum atomic E-state index is 0.376. The van der Waals surface area contributed by atoms with Gasteiger partial charge in [0.15, 0.2) is 0 Å². The first-order valence-electron chi connectivity index (χ1n) is 5.10. The average molecular weight is 212 g/mol. The third kappa shape index (κ3) is 2.35. The van der Waals surface area contributed by atoms with Crippen LogP contribution in [0.25, 0.3) is 0 Å². The predicted octanol–water partition coefficient (Wildman–Crippen LogP) is 2.11. The van der Waals surface area contributed by atoms with Gasteiger partial charge in [-0.05, 0) is 18.8 Å². The molecule has 14 heavy (non-hydrogen) atoms. The molecule has 1 aromatic rings. The largest absolute Gasteiger partial charge is 0.367 e. The number of nitrogen functional groups attached to an aromatic ring is 1. The first-order valence-corrected chi connectivity index (χ1v) is 5.87. The van der Waals surface area contributed by atoms with Gasteiger partial charge in [0, 0.05) is 17.6 Å². The molecule has 0 spiro atoms. The maximum absolute atomic E-state index is 5.46. The number of rotatable bonds is 2. The van der Waals surface area contributed by atoms with Gasteiger partial charge in [-0.25, -0.2) is 0 Å². The van der Waals surface area contributed by atoms with Gasteiger partial charge in [-0.2, -0.15) is 9.36 Å². The lowest BCUT2D eigenvalue weighted by atomic mass is 9.87. The lowest BCUT2D eigenvalue weighted by molar-refractivity contribution is 0.358. The topological polar surface area (TPSA) is 63.8 Å². The fraction of sp³-hybridized carbons (Fsp3) is 0.778. The van der Waals surface area contributed by atoms with Crippen LogP contribution in [0.2, 0.25) is 0 Å². The summed E-state index contributed by atoms with van der Waals surface area (Å²) in [4.78, 5) is 4.10. The Morgan fingerprint density at radius 2 is 2.36 bits per heavy atom. The first-order chi connectivity index (χ1) is 6.74. The molecule has 0 bridgehead atoms. The summed E-state index contributed by atoms with van der Waals surface area (Å²) in [6.07, 6.45) is 5.15. The second-order valence-corrected chi connectivity index (χ2v) is 4.82. The number of aromatic nitrogens is 2. The highest BCUT2D eigenvalue weighted by Gasteiger charge is 2.19. The van der Waals surface area contributed by atoms with Gasteiger partial charge in [-0.1, -0.05) is 19.8 Å². The lowest BCUT2D eigenvalue weighted by Crippen LogP contribution is -2.26. The van der Waals surface area contributed by atoms with E-state index >= 15 is 0 Å². The molecule has 0 amide bonds. The summed E-state index contributed by atoms with van der Waals surface area (Å²) in [5, 5.41) is 4.26. The van der Waals surface area contributed by atoms with E-state index in [0.29, 0.717) is 12.0 Å². The van der Waals surface area contributed by atoms with Gasteiger partial charge >= 0.3 is 0 Å². The van der Waals surface area contributed by atoms with E-state index in [9.17, 15) is 0 Å². The molecule has 3 N–H and O–H groups in total. The van der Waals surface area contributed by atoms with Crippen molar-refractivity contribution in [3.8, 4) is 0 Å². The minimum Gasteiger partial charge on any atom is -0.367 e. The van der Waals surface area contributed by atoms with Crippen molar-refractivity contribution in [2.75, 3.05) is 11.1 Å². The SMILES string of the molecule is CC1CCCC(Nc2nc(N)ns2)C1. The molecule has 2 rings (SSSR count). The summed E-state index contributed by atoms with van der Waals surface area (Å²) in [6.45, 7) is 2.31. The first kappa shape index (κ1) is 9.71. The highest BCUT2D eigenvalue weighted by Crippen LogP contribution is 2.26. The maximum atomic E-state index is 5.46. The van der Waals surface area contributed by atoms with Crippen LogP contribution in [0.5, 0.6) is 0 Å². The molecule has 0 saturated heterocycles. The average Bonchev–Trinajstić information content (AvgIpc) is 2.51. The molecule has 2 atom stereocenters. The molecule has 1 aromatic heterocycles. The Hall–Kier alpha value is -0.840. The fourth-order valence-electron chi connectivity index (χ4n) is 2.03. The van der Waals surface area contributed by atoms with Crippen molar-refractivity contribution in [2.45, 2.75) is 38.6 Å². The summed E-state index contributed by atoms with van der Waals surface area (Å²) < 4.78 is 3.95. The third-order valence-electron chi connectivity index (χ3n) is 2.71. The van der Waals surface area contributed by atoms with E-state index < -0.39 is 0 Å². The summed E-state index contributed by atoms with van der Waals surface area (Å²) in [5.74, 6) is 1.20. The molecule has 5 heteroatoms. The van der Waals surface area contributed by atoms with Crippen LogP contribution in [0.4, 0.5) is 11.1 Å². The van der Waals surface area contributed by atoms with Crippen molar-refractivity contribution in [2.24, 2.45) is 5.92 Å². The maximum Gasteiger partial charge on any atom is 0.233 e. The Kier molecular flexibility index (Phi) is 2.86. The van der Waals surface area contributed by atoms with E-state index in [1.54, 1.807) is 0 Å². The quantitative estimate of drug-likeness (QED) is 0.788. The summed E-state index contributed by atoms with van der Waals surface area (Å²) in [6, 6.07) is 0.561. The van der Waals surface area contributed by atoms with Crippen LogP contribution < -0.4 is 11.1 Å². The van der Waals surface area contributed by atoms with E-state index in [-0.39, 0.29) is 0 Å². The van der Waals surface area contributed by atoms with Crippen molar-refractivity contribution in [1.82, 2.24) is 9.36 Å². The number of nitrogens with zero attached hydrogens (tertiary/aromatic N) is 2. The monoisotopic (exact) mass is 212 g/mol. The van der Waals surface area contributed by atoms with Gasteiger partial charge in [0.1, 0.15) is 0 Å². The van der Waals surface area contributed by atoms with Crippen LogP contribution in [0.15, 0.2) is 0 Å². The van der Waals surface area contributed by atoms with Crippen molar-refractivity contribution in [3.63, 3.8) is 0 Å². The van der Waals surface area contributed by atoms with Crippen LogP contribution in [0, 0.1) is 5.92 Å². The molecule has 1 aliphatic rings. The van der Waals surface area contributed by atoms with E-state index in [2.05, 4.69) is 21.6 Å². The predicted molar refractivity (Wildman–Crippen MR) is 59.4 cm³/mol. The van der Waals surface area contributed by atoms with E-state index in [0.717, 1.165) is 11.0 Å². The molecule has 0 aromatic carbocycles. The van der Waals surface area contributed by atoms with Crippen LogP contribution in [0.1, 0.15) is 32.6 Å². The van der Waals surface area contributed by atoms with Crippen LogP contribution in [0.3, 0.4) is 0 Å². The smallest absolute Gasteiger partial charge is 0.233 e. The normalized spacial score (nSPS) is 27.5. The van der Waals surface area contributed by atoms with Gasteiger partial charge in [0.05, 0.1) is 0 Å². The Bertz CT molecular complexity index is 299. The number of nitrogens with one attached hydrogen (secondary N) is 1. The van der Waals surface area contributed by atoms with Crippen molar-refractivity contribution >= 4 is 22.6 Å². The zero-order valence-electron chi connectivity index (χ0n) is 8.36. The summed E-state index contributed by atoms with van der Waals surface area (Å²) in [5.41, 5.74) is 5.46. The van der Waals surface area contributed by atoms with Crippen molar-refractivity contribution in [1.29, 1.82) is 0 Å². The minimum absolute atomic E-state index is 0.376. The van der Waals surface area contributed by atoms with E-state index in [1.807, 2.05) is 0 Å². The molecular weight excluding hydrogens is 196 g/mol. The molecule has 2 unspecified atom stereocenters. The van der Waals surface area contributed by atoms with Gasteiger partial charge < -0.3 is 11.1 Å². The van der Waals surface area contributed by atoms with Gasteiger partial charge in [-0.15, -0.1) is 0 Å². The molecule has 0 radical (unpaired) electrons. The Balaban J connectivity index is 1.90. The highest BCUT2D eigenvalue weighted by atomic mass is 32.1. The number of hydrogen-bond acceptors (Lipinski definition) is 5. The number of nitrogens with two attached hydrogens (primary N) is 1. The van der Waals surface area contributed by atoms with E-state index in [4.69, 9.17) is 5.73 Å². The van der Waals surface area contributed by atoms with Gasteiger partial charge in [0.25, 0.3) is 0 Å². The molecule has 0 aliphatic heterocycles. The van der Waals surface area contributed by atoms with Gasteiger partial charge in [-0.3, -0.25) is 0 Å². The molecular formula is C9H16N4S. The Morgan fingerprint density at radius 3 is 3.00 bits per heavy atom. The lowest BCUT2D eigenvalue weighted by Gasteiger charge is -2.26. The zero-order chi connectivity index (χ0) is 9.97. The molecule has 1 fully saturated rings. The van der Waals surface area contributed by atoms with Crippen molar-refractivity contribution in [3.05, 3.63) is 0 Å². The zero-order valence-corrected chi connectivity index (χ0v) is 9.18. The fourth-order valence-corrected chi connectivity index (χ4v) is 2.61. The molecule has 1 aliphatic carbocycles. The third-order valence-corrected chi connectivity index (χ3v) is 3.37. The second-order valence-electron chi connectivity index (χ2n) is 4.07. The summed E-state index contributed by atoms with van der Waals surface area (Å²) >= 11 is 1.35. The Morgan fingerprint density at radius 1 is 1.50 bits per heavy atom.